The lowest BCUT2D eigenvalue weighted by Crippen LogP contribution is -2.58. The van der Waals surface area contributed by atoms with Gasteiger partial charge in [-0.25, -0.2) is 0 Å². The molecule has 192 valence electrons. The van der Waals surface area contributed by atoms with Gasteiger partial charge in [0.1, 0.15) is 0 Å². The molecule has 4 N–H and O–H groups in total. The molecule has 0 saturated heterocycles. The minimum atomic E-state index is -4.66. The first kappa shape index (κ1) is 25.0. The number of hydrogen-bond acceptors (Lipinski definition) is 4. The quantitative estimate of drug-likeness (QED) is 0.290. The topological polar surface area (TPSA) is 82.3 Å². The number of nitrogens with one attached hydrogen (secondary N) is 4. The van der Waals surface area contributed by atoms with E-state index in [1.165, 1.54) is 12.1 Å². The molecule has 2 aliphatic rings. The molecule has 37 heavy (non-hydrogen) atoms. The number of carbonyl (C=O) groups is 2. The van der Waals surface area contributed by atoms with Crippen molar-refractivity contribution in [1.29, 1.82) is 0 Å². The monoisotopic (exact) mass is 528 g/mol. The lowest BCUT2D eigenvalue weighted by molar-refractivity contribution is -0.137. The first-order valence-electron chi connectivity index (χ1n) is 11.7. The second-order valence-electron chi connectivity index (χ2n) is 9.69. The summed E-state index contributed by atoms with van der Waals surface area (Å²) in [5.41, 5.74) is -0.233. The third kappa shape index (κ3) is 4.37. The zero-order chi connectivity index (χ0) is 26.6. The Labute approximate surface area is 216 Å². The van der Waals surface area contributed by atoms with Crippen molar-refractivity contribution >= 4 is 46.2 Å². The molecule has 1 saturated carbocycles. The van der Waals surface area contributed by atoms with E-state index in [2.05, 4.69) is 21.3 Å². The Morgan fingerprint density at radius 3 is 2.35 bits per heavy atom. The predicted octanol–water partition coefficient (Wildman–Crippen LogP) is 6.89. The number of rotatable bonds is 5. The third-order valence-corrected chi connectivity index (χ3v) is 7.57. The molecule has 2 amide bonds. The molecule has 1 unspecified atom stereocenters. The lowest BCUT2D eigenvalue weighted by Gasteiger charge is -2.35. The van der Waals surface area contributed by atoms with Gasteiger partial charge in [0.05, 0.1) is 22.5 Å². The second-order valence-corrected chi connectivity index (χ2v) is 10.1. The number of carbonyl (C=O) groups excluding carboxylic acids is 2. The summed E-state index contributed by atoms with van der Waals surface area (Å²) in [4.78, 5) is 26.4. The highest BCUT2D eigenvalue weighted by Crippen LogP contribution is 2.58. The Morgan fingerprint density at radius 1 is 0.946 bits per heavy atom. The summed E-state index contributed by atoms with van der Waals surface area (Å²) in [6, 6.07) is 14.7. The molecule has 1 aliphatic heterocycles. The van der Waals surface area contributed by atoms with Crippen LogP contribution in [-0.2, 0) is 11.0 Å². The normalized spacial score (nSPS) is 19.3. The summed E-state index contributed by atoms with van der Waals surface area (Å²) < 4.78 is 40.1. The highest BCUT2D eigenvalue weighted by molar-refractivity contribution is 6.31. The van der Waals surface area contributed by atoms with E-state index < -0.39 is 34.3 Å². The smallest absolute Gasteiger partial charge is 0.353 e. The van der Waals surface area contributed by atoms with Crippen molar-refractivity contribution in [2.75, 3.05) is 21.3 Å². The number of fused-ring (bicyclic) bond motifs is 1. The lowest BCUT2D eigenvalue weighted by atomic mass is 9.90. The van der Waals surface area contributed by atoms with E-state index in [-0.39, 0.29) is 11.6 Å². The van der Waals surface area contributed by atoms with Crippen LogP contribution in [0.15, 0.2) is 60.7 Å². The van der Waals surface area contributed by atoms with Crippen LogP contribution in [0.4, 0.5) is 35.9 Å². The summed E-state index contributed by atoms with van der Waals surface area (Å²) in [6.07, 6.45) is -3.05. The van der Waals surface area contributed by atoms with E-state index in [0.717, 1.165) is 30.5 Å². The Balaban J connectivity index is 1.40. The molecule has 6 nitrogen and oxygen atoms in total. The molecule has 3 aromatic carbocycles. The second kappa shape index (κ2) is 8.69. The van der Waals surface area contributed by atoms with Crippen LogP contribution in [0.2, 0.25) is 5.02 Å². The van der Waals surface area contributed by atoms with Crippen LogP contribution in [-0.4, -0.2) is 17.5 Å². The summed E-state index contributed by atoms with van der Waals surface area (Å²) in [5.74, 6) is -1.17. The van der Waals surface area contributed by atoms with E-state index in [0.29, 0.717) is 22.1 Å². The molecule has 0 bridgehead atoms. The molecule has 0 aromatic heterocycles. The molecular weight excluding hydrogens is 505 g/mol. The van der Waals surface area contributed by atoms with Crippen LogP contribution in [0.3, 0.4) is 0 Å². The highest BCUT2D eigenvalue weighted by Gasteiger charge is 2.63. The van der Waals surface area contributed by atoms with E-state index in [9.17, 15) is 22.8 Å². The van der Waals surface area contributed by atoms with E-state index in [4.69, 9.17) is 11.6 Å². The van der Waals surface area contributed by atoms with Gasteiger partial charge >= 0.3 is 6.18 Å². The molecule has 10 heteroatoms. The van der Waals surface area contributed by atoms with Gasteiger partial charge in [0.2, 0.25) is 0 Å². The Bertz CT molecular complexity index is 1420. The van der Waals surface area contributed by atoms with Crippen LogP contribution in [0.1, 0.15) is 41.3 Å². The standard InChI is InChI=1S/C27H24ClF3N4O2/c1-15-19(28)8-5-9-20(15)33-24(37)26(25(2)12-13-25)34-21-11-10-16(14-22(21)35-26)32-23(36)17-6-3-4-7-18(17)27(29,30)31/h3-11,14,34-35H,12-13H2,1-2H3,(H,32,36)(H,33,37). The molecule has 1 fully saturated rings. The average molecular weight is 529 g/mol. The first-order valence-corrected chi connectivity index (χ1v) is 12.1. The number of benzene rings is 3. The molecule has 1 atom stereocenters. The fourth-order valence-corrected chi connectivity index (χ4v) is 4.78. The van der Waals surface area contributed by atoms with Gasteiger partial charge in [-0.1, -0.05) is 36.7 Å². The van der Waals surface area contributed by atoms with Crippen molar-refractivity contribution in [2.24, 2.45) is 5.41 Å². The molecule has 1 heterocycles. The van der Waals surface area contributed by atoms with Gasteiger partial charge in [0.25, 0.3) is 11.8 Å². The van der Waals surface area contributed by atoms with E-state index in [1.54, 1.807) is 36.4 Å². The summed E-state index contributed by atoms with van der Waals surface area (Å²) in [7, 11) is 0. The molecule has 5 rings (SSSR count). The average Bonchev–Trinajstić information content (AvgIpc) is 3.48. The third-order valence-electron chi connectivity index (χ3n) is 7.16. The first-order chi connectivity index (χ1) is 17.4. The van der Waals surface area contributed by atoms with Crippen LogP contribution >= 0.6 is 11.6 Å². The molecule has 1 aliphatic carbocycles. The van der Waals surface area contributed by atoms with Gasteiger partial charge in [-0.05, 0) is 67.8 Å². The van der Waals surface area contributed by atoms with Crippen LogP contribution in [0, 0.1) is 12.3 Å². The van der Waals surface area contributed by atoms with Crippen molar-refractivity contribution < 1.29 is 22.8 Å². The number of amides is 2. The number of alkyl halides is 3. The maximum absolute atomic E-state index is 13.7. The summed E-state index contributed by atoms with van der Waals surface area (Å²) >= 11 is 6.23. The molecule has 0 radical (unpaired) electrons. The largest absolute Gasteiger partial charge is 0.417 e. The SMILES string of the molecule is Cc1c(Cl)cccc1NC(=O)C1(C2(C)CC2)Nc2ccc(NC(=O)c3ccccc3C(F)(F)F)cc2N1. The van der Waals surface area contributed by atoms with Crippen molar-refractivity contribution in [3.8, 4) is 0 Å². The Kier molecular flexibility index (Phi) is 5.86. The Hall–Kier alpha value is -3.72. The van der Waals surface area contributed by atoms with Crippen LogP contribution in [0.5, 0.6) is 0 Å². The van der Waals surface area contributed by atoms with Gasteiger partial charge in [-0.15, -0.1) is 0 Å². The Morgan fingerprint density at radius 2 is 1.65 bits per heavy atom. The number of hydrogen-bond donors (Lipinski definition) is 4. The van der Waals surface area contributed by atoms with Crippen LogP contribution in [0.25, 0.3) is 0 Å². The maximum Gasteiger partial charge on any atom is 0.417 e. The highest BCUT2D eigenvalue weighted by atomic mass is 35.5. The molecular formula is C27H24ClF3N4O2. The van der Waals surface area contributed by atoms with E-state index in [1.807, 2.05) is 13.8 Å². The van der Waals surface area contributed by atoms with Crippen molar-refractivity contribution in [3.63, 3.8) is 0 Å². The van der Waals surface area contributed by atoms with Gasteiger partial charge in [0.15, 0.2) is 5.66 Å². The van der Waals surface area contributed by atoms with Crippen molar-refractivity contribution in [3.05, 3.63) is 82.4 Å². The maximum atomic E-state index is 13.7. The van der Waals surface area contributed by atoms with Crippen molar-refractivity contribution in [2.45, 2.75) is 38.5 Å². The minimum Gasteiger partial charge on any atom is -0.353 e. The van der Waals surface area contributed by atoms with Crippen LogP contribution < -0.4 is 21.3 Å². The van der Waals surface area contributed by atoms with Gasteiger partial charge < -0.3 is 21.3 Å². The zero-order valence-electron chi connectivity index (χ0n) is 20.0. The van der Waals surface area contributed by atoms with Gasteiger partial charge in [-0.3, -0.25) is 9.59 Å². The fourth-order valence-electron chi connectivity index (χ4n) is 4.61. The van der Waals surface area contributed by atoms with Gasteiger partial charge in [-0.2, -0.15) is 13.2 Å². The van der Waals surface area contributed by atoms with E-state index >= 15 is 0 Å². The minimum absolute atomic E-state index is 0.290. The van der Waals surface area contributed by atoms with Gasteiger partial charge in [0, 0.05) is 21.8 Å². The number of halogens is 4. The predicted molar refractivity (Wildman–Crippen MR) is 138 cm³/mol. The fraction of sp³-hybridized carbons (Fsp3) is 0.259. The number of anilines is 4. The summed E-state index contributed by atoms with van der Waals surface area (Å²) in [6.45, 7) is 3.82. The zero-order valence-corrected chi connectivity index (χ0v) is 20.8. The van der Waals surface area contributed by atoms with Crippen molar-refractivity contribution in [1.82, 2.24) is 0 Å². The summed E-state index contributed by atoms with van der Waals surface area (Å²) in [5, 5.41) is 12.7. The molecule has 3 aromatic rings. The molecule has 0 spiro atoms.